The van der Waals surface area contributed by atoms with Crippen LogP contribution in [0.4, 0.5) is 4.39 Å². The molecule has 0 bridgehead atoms. The van der Waals surface area contributed by atoms with E-state index in [1.54, 1.807) is 25.3 Å². The molecule has 1 aromatic heterocycles. The van der Waals surface area contributed by atoms with Crippen molar-refractivity contribution in [2.75, 3.05) is 13.7 Å². The van der Waals surface area contributed by atoms with E-state index in [1.807, 2.05) is 0 Å². The summed E-state index contributed by atoms with van der Waals surface area (Å²) < 4.78 is 23.3. The Kier molecular flexibility index (Phi) is 4.47. The fourth-order valence-electron chi connectivity index (χ4n) is 1.20. The Hall–Kier alpha value is -0.980. The van der Waals surface area contributed by atoms with Gasteiger partial charge in [0.05, 0.1) is 11.5 Å². The minimum Gasteiger partial charge on any atom is -0.384 e. The number of methoxy groups -OCH3 is 1. The lowest BCUT2D eigenvalue weighted by molar-refractivity contribution is 0.200. The van der Waals surface area contributed by atoms with Crippen molar-refractivity contribution in [2.24, 2.45) is 0 Å². The topological polar surface area (TPSA) is 35.0 Å². The summed E-state index contributed by atoms with van der Waals surface area (Å²) in [6, 6.07) is 6.65. The van der Waals surface area contributed by atoms with Gasteiger partial charge in [0.15, 0.2) is 4.34 Å². The second-order valence-corrected chi connectivity index (χ2v) is 5.29. The van der Waals surface area contributed by atoms with Crippen molar-refractivity contribution in [3.8, 4) is 0 Å². The van der Waals surface area contributed by atoms with Crippen LogP contribution in [0, 0.1) is 5.82 Å². The van der Waals surface area contributed by atoms with Gasteiger partial charge < -0.3 is 4.74 Å². The number of ether oxygens (including phenoxy) is 1. The highest BCUT2D eigenvalue weighted by atomic mass is 32.2. The first-order chi connectivity index (χ1) is 8.29. The smallest absolute Gasteiger partial charge is 0.174 e. The Balaban J connectivity index is 2.04. The van der Waals surface area contributed by atoms with Crippen LogP contribution >= 0.6 is 23.3 Å². The molecule has 0 aliphatic rings. The van der Waals surface area contributed by atoms with Crippen LogP contribution in [0.1, 0.15) is 5.82 Å². The van der Waals surface area contributed by atoms with Crippen molar-refractivity contribution in [2.45, 2.75) is 15.7 Å². The third-order valence-corrected chi connectivity index (χ3v) is 3.85. The van der Waals surface area contributed by atoms with Crippen molar-refractivity contribution < 1.29 is 9.13 Å². The highest BCUT2D eigenvalue weighted by Crippen LogP contribution is 2.30. The summed E-state index contributed by atoms with van der Waals surface area (Å²) in [6.07, 6.45) is 0.685. The van der Waals surface area contributed by atoms with Gasteiger partial charge in [0.2, 0.25) is 0 Å². The van der Waals surface area contributed by atoms with Crippen LogP contribution < -0.4 is 0 Å². The van der Waals surface area contributed by atoms with Gasteiger partial charge in [0.25, 0.3) is 0 Å². The van der Waals surface area contributed by atoms with Gasteiger partial charge in [-0.25, -0.2) is 9.37 Å². The van der Waals surface area contributed by atoms with Gasteiger partial charge in [-0.15, -0.1) is 0 Å². The standard InChI is InChI=1S/C11H11FN2OS2/c1-15-7-6-10-13-11(17-14-10)16-9-5-3-2-4-8(9)12/h2-5H,6-7H2,1H3. The van der Waals surface area contributed by atoms with Crippen LogP contribution in [0.2, 0.25) is 0 Å². The molecule has 17 heavy (non-hydrogen) atoms. The molecule has 0 radical (unpaired) electrons. The molecule has 90 valence electrons. The third kappa shape index (κ3) is 3.49. The van der Waals surface area contributed by atoms with E-state index in [-0.39, 0.29) is 5.82 Å². The maximum atomic E-state index is 13.4. The quantitative estimate of drug-likeness (QED) is 0.836. The molecule has 0 unspecified atom stereocenters. The van der Waals surface area contributed by atoms with Gasteiger partial charge in [0, 0.05) is 13.5 Å². The fourth-order valence-corrected chi connectivity index (χ4v) is 2.84. The molecule has 1 aromatic carbocycles. The molecule has 0 N–H and O–H groups in total. The Bertz CT molecular complexity index is 490. The predicted molar refractivity (Wildman–Crippen MR) is 66.0 cm³/mol. The predicted octanol–water partition coefficient (Wildman–Crippen LogP) is 3.02. The highest BCUT2D eigenvalue weighted by Gasteiger charge is 2.08. The van der Waals surface area contributed by atoms with Crippen molar-refractivity contribution >= 4 is 23.3 Å². The minimum absolute atomic E-state index is 0.230. The minimum atomic E-state index is -0.230. The number of benzene rings is 1. The van der Waals surface area contributed by atoms with E-state index in [4.69, 9.17) is 4.74 Å². The van der Waals surface area contributed by atoms with Crippen LogP contribution in [0.25, 0.3) is 0 Å². The maximum absolute atomic E-state index is 13.4. The van der Waals surface area contributed by atoms with E-state index in [1.165, 1.54) is 29.4 Å². The van der Waals surface area contributed by atoms with Gasteiger partial charge >= 0.3 is 0 Å². The Morgan fingerprint density at radius 1 is 1.41 bits per heavy atom. The van der Waals surface area contributed by atoms with Gasteiger partial charge in [-0.1, -0.05) is 23.9 Å². The highest BCUT2D eigenvalue weighted by molar-refractivity contribution is 8.01. The summed E-state index contributed by atoms with van der Waals surface area (Å²) in [4.78, 5) is 4.88. The van der Waals surface area contributed by atoms with Crippen LogP contribution in [-0.4, -0.2) is 23.1 Å². The second kappa shape index (κ2) is 6.09. The van der Waals surface area contributed by atoms with Crippen molar-refractivity contribution in [1.82, 2.24) is 9.36 Å². The first kappa shape index (κ1) is 12.5. The number of halogens is 1. The zero-order valence-electron chi connectivity index (χ0n) is 9.22. The number of rotatable bonds is 5. The average Bonchev–Trinajstić information content (AvgIpc) is 2.77. The number of aromatic nitrogens is 2. The van der Waals surface area contributed by atoms with E-state index in [0.29, 0.717) is 17.9 Å². The zero-order chi connectivity index (χ0) is 12.1. The molecule has 1 heterocycles. The summed E-state index contributed by atoms with van der Waals surface area (Å²) in [7, 11) is 1.64. The van der Waals surface area contributed by atoms with Crippen molar-refractivity contribution in [3.05, 3.63) is 35.9 Å². The molecule has 6 heteroatoms. The van der Waals surface area contributed by atoms with Gasteiger partial charge in [-0.05, 0) is 23.7 Å². The molecular weight excluding hydrogens is 259 g/mol. The number of hydrogen-bond acceptors (Lipinski definition) is 5. The summed E-state index contributed by atoms with van der Waals surface area (Å²) in [5.74, 6) is 0.516. The molecular formula is C11H11FN2OS2. The molecule has 0 fully saturated rings. The Labute approximate surface area is 107 Å². The van der Waals surface area contributed by atoms with Crippen LogP contribution in [0.5, 0.6) is 0 Å². The summed E-state index contributed by atoms with van der Waals surface area (Å²) in [5, 5.41) is 0. The molecule has 2 rings (SSSR count). The van der Waals surface area contributed by atoms with Crippen LogP contribution in [-0.2, 0) is 11.2 Å². The van der Waals surface area contributed by atoms with Crippen LogP contribution in [0.3, 0.4) is 0 Å². The first-order valence-electron chi connectivity index (χ1n) is 5.03. The fraction of sp³-hybridized carbons (Fsp3) is 0.273. The second-order valence-electron chi connectivity index (χ2n) is 3.25. The molecule has 0 saturated carbocycles. The van der Waals surface area contributed by atoms with Crippen molar-refractivity contribution in [1.29, 1.82) is 0 Å². The van der Waals surface area contributed by atoms with Crippen molar-refractivity contribution in [3.63, 3.8) is 0 Å². The Morgan fingerprint density at radius 3 is 3.00 bits per heavy atom. The number of hydrogen-bond donors (Lipinski definition) is 0. The van der Waals surface area contributed by atoms with E-state index in [9.17, 15) is 4.39 Å². The third-order valence-electron chi connectivity index (χ3n) is 2.01. The number of nitrogens with zero attached hydrogens (tertiary/aromatic N) is 2. The Morgan fingerprint density at radius 2 is 2.24 bits per heavy atom. The molecule has 0 amide bonds. The van der Waals surface area contributed by atoms with Gasteiger partial charge in [-0.3, -0.25) is 0 Å². The largest absolute Gasteiger partial charge is 0.384 e. The summed E-state index contributed by atoms with van der Waals surface area (Å²) in [6.45, 7) is 0.598. The van der Waals surface area contributed by atoms with E-state index < -0.39 is 0 Å². The van der Waals surface area contributed by atoms with E-state index in [0.717, 1.165) is 10.2 Å². The molecule has 3 nitrogen and oxygen atoms in total. The first-order valence-corrected chi connectivity index (χ1v) is 6.62. The zero-order valence-corrected chi connectivity index (χ0v) is 10.9. The lowest BCUT2D eigenvalue weighted by Crippen LogP contribution is -1.95. The van der Waals surface area contributed by atoms with E-state index in [2.05, 4.69) is 9.36 Å². The molecule has 0 spiro atoms. The molecule has 0 aliphatic carbocycles. The SMILES string of the molecule is COCCc1nsc(Sc2ccccc2F)n1. The molecule has 0 saturated heterocycles. The lowest BCUT2D eigenvalue weighted by Gasteiger charge is -1.97. The van der Waals surface area contributed by atoms with E-state index >= 15 is 0 Å². The molecule has 0 aliphatic heterocycles. The summed E-state index contributed by atoms with van der Waals surface area (Å²) in [5.41, 5.74) is 0. The lowest BCUT2D eigenvalue weighted by atomic mass is 10.4. The monoisotopic (exact) mass is 270 g/mol. The molecule has 0 atom stereocenters. The average molecular weight is 270 g/mol. The van der Waals surface area contributed by atoms with Gasteiger partial charge in [0.1, 0.15) is 11.6 Å². The summed E-state index contributed by atoms with van der Waals surface area (Å²) >= 11 is 2.58. The van der Waals surface area contributed by atoms with Crippen LogP contribution in [0.15, 0.2) is 33.5 Å². The normalized spacial score (nSPS) is 10.7. The van der Waals surface area contributed by atoms with Gasteiger partial charge in [-0.2, -0.15) is 4.37 Å². The maximum Gasteiger partial charge on any atom is 0.174 e. The molecule has 2 aromatic rings.